The summed E-state index contributed by atoms with van der Waals surface area (Å²) in [6, 6.07) is 26.9. The largest absolute Gasteiger partial charge is 0.492 e. The third-order valence-corrected chi connectivity index (χ3v) is 4.21. The van der Waals surface area contributed by atoms with Gasteiger partial charge in [0, 0.05) is 6.20 Å². The normalized spacial score (nSPS) is 10.3. The zero-order chi connectivity index (χ0) is 20.6. The standard InChI is InChI=1S/C24H22N4O2/c1-2-29-21-14-8-6-12-19(21)27-24-25-17-16-23(28-24)26-20-13-7-9-15-22(20)30-18-10-4-3-5-11-18/h3-17H,2H2,1H3,(H2,25,26,27,28). The van der Waals surface area contributed by atoms with Crippen molar-refractivity contribution in [1.82, 2.24) is 9.97 Å². The number of nitrogens with zero attached hydrogens (tertiary/aromatic N) is 2. The molecule has 0 atom stereocenters. The predicted molar refractivity (Wildman–Crippen MR) is 119 cm³/mol. The second kappa shape index (κ2) is 9.43. The minimum atomic E-state index is 0.466. The maximum atomic E-state index is 6.01. The summed E-state index contributed by atoms with van der Waals surface area (Å²) < 4.78 is 11.7. The monoisotopic (exact) mass is 398 g/mol. The molecule has 0 aliphatic heterocycles. The SMILES string of the molecule is CCOc1ccccc1Nc1nccc(Nc2ccccc2Oc2ccccc2)n1. The Morgan fingerprint density at radius 2 is 1.40 bits per heavy atom. The molecule has 0 spiro atoms. The highest BCUT2D eigenvalue weighted by atomic mass is 16.5. The molecule has 30 heavy (non-hydrogen) atoms. The first-order valence-electron chi connectivity index (χ1n) is 9.72. The highest BCUT2D eigenvalue weighted by Gasteiger charge is 2.08. The number of hydrogen-bond acceptors (Lipinski definition) is 6. The van der Waals surface area contributed by atoms with Gasteiger partial charge in [0.05, 0.1) is 18.0 Å². The molecule has 0 saturated carbocycles. The van der Waals surface area contributed by atoms with Crippen molar-refractivity contribution in [2.24, 2.45) is 0 Å². The smallest absolute Gasteiger partial charge is 0.229 e. The van der Waals surface area contributed by atoms with Crippen LogP contribution in [-0.2, 0) is 0 Å². The Bertz CT molecular complexity index is 1100. The lowest BCUT2D eigenvalue weighted by Gasteiger charge is -2.14. The maximum absolute atomic E-state index is 6.01. The number of hydrogen-bond donors (Lipinski definition) is 2. The average molecular weight is 398 g/mol. The first-order chi connectivity index (χ1) is 14.8. The third kappa shape index (κ3) is 4.86. The van der Waals surface area contributed by atoms with Crippen LogP contribution in [0.15, 0.2) is 91.1 Å². The second-order valence-electron chi connectivity index (χ2n) is 6.36. The molecule has 3 aromatic carbocycles. The molecular formula is C24H22N4O2. The fourth-order valence-electron chi connectivity index (χ4n) is 2.87. The summed E-state index contributed by atoms with van der Waals surface area (Å²) in [5, 5.41) is 6.53. The first-order valence-corrected chi connectivity index (χ1v) is 9.72. The van der Waals surface area contributed by atoms with E-state index in [-0.39, 0.29) is 0 Å². The van der Waals surface area contributed by atoms with E-state index < -0.39 is 0 Å². The van der Waals surface area contributed by atoms with Gasteiger partial charge in [-0.25, -0.2) is 4.98 Å². The van der Waals surface area contributed by atoms with E-state index in [1.54, 1.807) is 12.3 Å². The molecule has 0 aliphatic rings. The van der Waals surface area contributed by atoms with E-state index in [0.29, 0.717) is 24.1 Å². The van der Waals surface area contributed by atoms with Crippen LogP contribution in [0.4, 0.5) is 23.1 Å². The van der Waals surface area contributed by atoms with Crippen LogP contribution in [0.3, 0.4) is 0 Å². The molecule has 1 heterocycles. The van der Waals surface area contributed by atoms with E-state index >= 15 is 0 Å². The Balaban J connectivity index is 1.53. The van der Waals surface area contributed by atoms with Gasteiger partial charge in [-0.2, -0.15) is 4.98 Å². The van der Waals surface area contributed by atoms with E-state index in [1.807, 2.05) is 85.8 Å². The Labute approximate surface area is 175 Å². The Hall–Kier alpha value is -4.06. The number of ether oxygens (including phenoxy) is 2. The molecule has 4 rings (SSSR count). The topological polar surface area (TPSA) is 68.3 Å². The highest BCUT2D eigenvalue weighted by molar-refractivity contribution is 5.67. The molecule has 0 saturated heterocycles. The van der Waals surface area contributed by atoms with Crippen LogP contribution < -0.4 is 20.1 Å². The fourth-order valence-corrected chi connectivity index (χ4v) is 2.87. The van der Waals surface area contributed by atoms with Gasteiger partial charge in [-0.05, 0) is 49.4 Å². The number of nitrogens with one attached hydrogen (secondary N) is 2. The molecular weight excluding hydrogens is 376 g/mol. The van der Waals surface area contributed by atoms with Gasteiger partial charge in [0.25, 0.3) is 0 Å². The van der Waals surface area contributed by atoms with E-state index in [4.69, 9.17) is 9.47 Å². The Kier molecular flexibility index (Phi) is 6.05. The lowest BCUT2D eigenvalue weighted by atomic mass is 10.3. The van der Waals surface area contributed by atoms with Crippen LogP contribution in [0, 0.1) is 0 Å². The van der Waals surface area contributed by atoms with Crippen LogP contribution in [-0.4, -0.2) is 16.6 Å². The molecule has 0 fully saturated rings. The molecule has 6 nitrogen and oxygen atoms in total. The summed E-state index contributed by atoms with van der Waals surface area (Å²) in [4.78, 5) is 8.89. The second-order valence-corrected chi connectivity index (χ2v) is 6.36. The molecule has 4 aromatic rings. The summed E-state index contributed by atoms with van der Waals surface area (Å²) in [5.41, 5.74) is 1.62. The van der Waals surface area contributed by atoms with Gasteiger partial charge in [0.15, 0.2) is 5.75 Å². The fraction of sp³-hybridized carbons (Fsp3) is 0.0833. The molecule has 150 valence electrons. The molecule has 0 amide bonds. The van der Waals surface area contributed by atoms with Crippen molar-refractivity contribution in [3.8, 4) is 17.2 Å². The summed E-state index contributed by atoms with van der Waals surface area (Å²) in [6.07, 6.45) is 1.70. The van der Waals surface area contributed by atoms with Crippen LogP contribution >= 0.6 is 0 Å². The molecule has 6 heteroatoms. The van der Waals surface area contributed by atoms with Crippen LogP contribution in [0.1, 0.15) is 6.92 Å². The van der Waals surface area contributed by atoms with Crippen molar-refractivity contribution in [1.29, 1.82) is 0 Å². The van der Waals surface area contributed by atoms with Crippen LogP contribution in [0.5, 0.6) is 17.2 Å². The summed E-state index contributed by atoms with van der Waals surface area (Å²) in [7, 11) is 0. The van der Waals surface area contributed by atoms with Crippen LogP contribution in [0.25, 0.3) is 0 Å². The summed E-state index contributed by atoms with van der Waals surface area (Å²) in [5.74, 6) is 3.34. The van der Waals surface area contributed by atoms with Gasteiger partial charge in [-0.15, -0.1) is 0 Å². The molecule has 0 bridgehead atoms. The van der Waals surface area contributed by atoms with E-state index in [9.17, 15) is 0 Å². The first kappa shape index (κ1) is 19.3. The molecule has 0 radical (unpaired) electrons. The van der Waals surface area contributed by atoms with Gasteiger partial charge in [-0.1, -0.05) is 42.5 Å². The predicted octanol–water partition coefficient (Wildman–Crippen LogP) is 6.15. The number of anilines is 4. The van der Waals surface area contributed by atoms with Gasteiger partial charge in [0.2, 0.25) is 5.95 Å². The molecule has 0 aliphatic carbocycles. The van der Waals surface area contributed by atoms with E-state index in [2.05, 4.69) is 20.6 Å². The Morgan fingerprint density at radius 1 is 0.733 bits per heavy atom. The number of aromatic nitrogens is 2. The van der Waals surface area contributed by atoms with E-state index in [1.165, 1.54) is 0 Å². The highest BCUT2D eigenvalue weighted by Crippen LogP contribution is 2.31. The quantitative estimate of drug-likeness (QED) is 0.371. The zero-order valence-corrected chi connectivity index (χ0v) is 16.6. The minimum Gasteiger partial charge on any atom is -0.492 e. The van der Waals surface area contributed by atoms with E-state index in [0.717, 1.165) is 22.9 Å². The molecule has 1 aromatic heterocycles. The third-order valence-electron chi connectivity index (χ3n) is 4.21. The zero-order valence-electron chi connectivity index (χ0n) is 16.6. The number of rotatable bonds is 8. The minimum absolute atomic E-state index is 0.466. The van der Waals surface area contributed by atoms with Crippen molar-refractivity contribution in [3.05, 3.63) is 91.1 Å². The lowest BCUT2D eigenvalue weighted by molar-refractivity contribution is 0.342. The van der Waals surface area contributed by atoms with Crippen LogP contribution in [0.2, 0.25) is 0 Å². The number of benzene rings is 3. The van der Waals surface area contributed by atoms with Crippen molar-refractivity contribution in [3.63, 3.8) is 0 Å². The van der Waals surface area contributed by atoms with Gasteiger partial charge in [0.1, 0.15) is 17.3 Å². The number of para-hydroxylation sites is 5. The van der Waals surface area contributed by atoms with Gasteiger partial charge >= 0.3 is 0 Å². The lowest BCUT2D eigenvalue weighted by Crippen LogP contribution is -2.03. The summed E-state index contributed by atoms with van der Waals surface area (Å²) in [6.45, 7) is 2.53. The molecule has 2 N–H and O–H groups in total. The maximum Gasteiger partial charge on any atom is 0.229 e. The Morgan fingerprint density at radius 3 is 2.17 bits per heavy atom. The molecule has 0 unspecified atom stereocenters. The van der Waals surface area contributed by atoms with Gasteiger partial charge in [-0.3, -0.25) is 0 Å². The average Bonchev–Trinajstić information content (AvgIpc) is 2.78. The van der Waals surface area contributed by atoms with Crippen molar-refractivity contribution < 1.29 is 9.47 Å². The van der Waals surface area contributed by atoms with Crippen molar-refractivity contribution in [2.75, 3.05) is 17.2 Å². The summed E-state index contributed by atoms with van der Waals surface area (Å²) >= 11 is 0. The van der Waals surface area contributed by atoms with Crippen molar-refractivity contribution >= 4 is 23.1 Å². The van der Waals surface area contributed by atoms with Gasteiger partial charge < -0.3 is 20.1 Å². The van der Waals surface area contributed by atoms with Crippen molar-refractivity contribution in [2.45, 2.75) is 6.92 Å².